The molecule has 1 fully saturated rings. The highest BCUT2D eigenvalue weighted by atomic mass is 35.5. The number of nitrogens with zero attached hydrogens (tertiary/aromatic N) is 1. The van der Waals surface area contributed by atoms with Crippen LogP contribution >= 0.6 is 46.4 Å². The van der Waals surface area contributed by atoms with Gasteiger partial charge in [0.05, 0.1) is 10.0 Å². The molecule has 1 aromatic carbocycles. The fraction of sp³-hybridized carbons (Fsp3) is 0.429. The molecule has 0 radical (unpaired) electrons. The lowest BCUT2D eigenvalue weighted by Crippen LogP contribution is -2.47. The Morgan fingerprint density at radius 3 is 2.32 bits per heavy atom. The van der Waals surface area contributed by atoms with Gasteiger partial charge in [-0.2, -0.15) is 0 Å². The van der Waals surface area contributed by atoms with Crippen LogP contribution in [0.2, 0.25) is 10.0 Å². The van der Waals surface area contributed by atoms with Crippen molar-refractivity contribution in [3.05, 3.63) is 33.8 Å². The summed E-state index contributed by atoms with van der Waals surface area (Å²) in [6, 6.07) is 4.73. The molecule has 1 saturated heterocycles. The first-order valence-corrected chi connectivity index (χ1v) is 8.34. The summed E-state index contributed by atoms with van der Waals surface area (Å²) in [4.78, 5) is 24.4. The molecule has 1 aromatic rings. The van der Waals surface area contributed by atoms with E-state index in [1.165, 1.54) is 6.07 Å². The molecule has 1 N–H and O–H groups in total. The fourth-order valence-corrected chi connectivity index (χ4v) is 2.86. The normalized spacial score (nSPS) is 16.0. The van der Waals surface area contributed by atoms with E-state index >= 15 is 0 Å². The third-order valence-electron chi connectivity index (χ3n) is 3.51. The Balaban J connectivity index is 1.89. The van der Waals surface area contributed by atoms with Crippen LogP contribution in [-0.4, -0.2) is 40.7 Å². The van der Waals surface area contributed by atoms with Crippen LogP contribution < -0.4 is 5.32 Å². The number of likely N-dealkylation sites (tertiary alicyclic amines) is 1. The van der Waals surface area contributed by atoms with E-state index in [2.05, 4.69) is 5.32 Å². The van der Waals surface area contributed by atoms with Crippen LogP contribution in [-0.2, 0) is 4.79 Å². The summed E-state index contributed by atoms with van der Waals surface area (Å²) in [7, 11) is 0. The van der Waals surface area contributed by atoms with Gasteiger partial charge in [-0.25, -0.2) is 0 Å². The van der Waals surface area contributed by atoms with Gasteiger partial charge in [0.15, 0.2) is 4.84 Å². The summed E-state index contributed by atoms with van der Waals surface area (Å²) in [5.41, 5.74) is 0.453. The molecule has 22 heavy (non-hydrogen) atoms. The molecule has 1 heterocycles. The zero-order valence-electron chi connectivity index (χ0n) is 11.5. The molecule has 4 nitrogen and oxygen atoms in total. The highest BCUT2D eigenvalue weighted by Gasteiger charge is 2.26. The number of hydrogen-bond acceptors (Lipinski definition) is 2. The van der Waals surface area contributed by atoms with Crippen molar-refractivity contribution < 1.29 is 9.59 Å². The number of benzene rings is 1. The monoisotopic (exact) mass is 382 g/mol. The highest BCUT2D eigenvalue weighted by molar-refractivity contribution is 6.53. The number of piperidine rings is 1. The van der Waals surface area contributed by atoms with Crippen molar-refractivity contribution in [2.75, 3.05) is 13.1 Å². The predicted molar refractivity (Wildman–Crippen MR) is 89.0 cm³/mol. The van der Waals surface area contributed by atoms with Gasteiger partial charge in [-0.3, -0.25) is 9.59 Å². The molecule has 0 bridgehead atoms. The number of carbonyl (C=O) groups is 2. The summed E-state index contributed by atoms with van der Waals surface area (Å²) < 4.78 is 0. The van der Waals surface area contributed by atoms with Gasteiger partial charge >= 0.3 is 0 Å². The standard InChI is InChI=1S/C14H14Cl4N2O2/c15-10-2-1-8(7-11(10)16)13(21)19-9-3-5-20(6-4-9)14(22)12(17)18/h1-2,7,9,12H,3-6H2,(H,19,21). The van der Waals surface area contributed by atoms with Crippen LogP contribution in [0, 0.1) is 0 Å². The van der Waals surface area contributed by atoms with Crippen LogP contribution in [0.1, 0.15) is 23.2 Å². The summed E-state index contributed by atoms with van der Waals surface area (Å²) >= 11 is 22.9. The molecule has 0 spiro atoms. The number of hydrogen-bond donors (Lipinski definition) is 1. The Labute approximate surface area is 148 Å². The second-order valence-corrected chi connectivity index (χ2v) is 6.91. The van der Waals surface area contributed by atoms with Gasteiger partial charge in [0.25, 0.3) is 11.8 Å². The predicted octanol–water partition coefficient (Wildman–Crippen LogP) is 3.52. The SMILES string of the molecule is O=C(NC1CCN(C(=O)C(Cl)Cl)CC1)c1ccc(Cl)c(Cl)c1. The van der Waals surface area contributed by atoms with Gasteiger partial charge in [-0.05, 0) is 31.0 Å². The molecule has 0 unspecified atom stereocenters. The second kappa shape index (κ2) is 7.73. The molecule has 120 valence electrons. The molecule has 2 rings (SSSR count). The Hall–Kier alpha value is -0.680. The van der Waals surface area contributed by atoms with Crippen LogP contribution in [0.3, 0.4) is 0 Å². The third kappa shape index (κ3) is 4.42. The van der Waals surface area contributed by atoms with E-state index in [1.807, 2.05) is 0 Å². The maximum absolute atomic E-state index is 12.2. The summed E-state index contributed by atoms with van der Waals surface area (Å²) in [5, 5.41) is 3.67. The lowest BCUT2D eigenvalue weighted by Gasteiger charge is -2.32. The van der Waals surface area contributed by atoms with Crippen molar-refractivity contribution in [1.29, 1.82) is 0 Å². The lowest BCUT2D eigenvalue weighted by molar-refractivity contribution is -0.130. The molecule has 1 aliphatic heterocycles. The van der Waals surface area contributed by atoms with Crippen LogP contribution in [0.15, 0.2) is 18.2 Å². The topological polar surface area (TPSA) is 49.4 Å². The Bertz CT molecular complexity index is 572. The minimum Gasteiger partial charge on any atom is -0.349 e. The van der Waals surface area contributed by atoms with Crippen molar-refractivity contribution in [3.8, 4) is 0 Å². The van der Waals surface area contributed by atoms with E-state index in [1.54, 1.807) is 17.0 Å². The van der Waals surface area contributed by atoms with E-state index in [9.17, 15) is 9.59 Å². The molecule has 0 saturated carbocycles. The number of carbonyl (C=O) groups excluding carboxylic acids is 2. The minimum atomic E-state index is -1.04. The summed E-state index contributed by atoms with van der Waals surface area (Å²) in [5.74, 6) is -0.506. The van der Waals surface area contributed by atoms with Gasteiger partial charge in [0, 0.05) is 24.7 Å². The van der Waals surface area contributed by atoms with E-state index in [4.69, 9.17) is 46.4 Å². The van der Waals surface area contributed by atoms with Gasteiger partial charge in [0.1, 0.15) is 0 Å². The number of amides is 2. The molecule has 0 aromatic heterocycles. The molecule has 2 amide bonds. The van der Waals surface area contributed by atoms with Gasteiger partial charge in [-0.1, -0.05) is 46.4 Å². The van der Waals surface area contributed by atoms with Crippen molar-refractivity contribution in [3.63, 3.8) is 0 Å². The van der Waals surface area contributed by atoms with Crippen LogP contribution in [0.4, 0.5) is 0 Å². The van der Waals surface area contributed by atoms with Crippen molar-refractivity contribution in [2.45, 2.75) is 23.7 Å². The van der Waals surface area contributed by atoms with E-state index in [0.29, 0.717) is 41.5 Å². The molecule has 0 aliphatic carbocycles. The van der Waals surface area contributed by atoms with Crippen molar-refractivity contribution >= 4 is 58.2 Å². The minimum absolute atomic E-state index is 0.00453. The number of nitrogens with one attached hydrogen (secondary N) is 1. The van der Waals surface area contributed by atoms with Gasteiger partial charge in [-0.15, -0.1) is 0 Å². The van der Waals surface area contributed by atoms with E-state index < -0.39 is 4.84 Å². The first kappa shape index (κ1) is 17.7. The number of halogens is 4. The summed E-state index contributed by atoms with van der Waals surface area (Å²) in [6.45, 7) is 1.03. The number of rotatable bonds is 3. The zero-order chi connectivity index (χ0) is 16.3. The molecule has 1 aliphatic rings. The molecule has 0 atom stereocenters. The van der Waals surface area contributed by atoms with Crippen LogP contribution in [0.5, 0.6) is 0 Å². The Morgan fingerprint density at radius 1 is 1.14 bits per heavy atom. The number of alkyl halides is 2. The first-order valence-electron chi connectivity index (χ1n) is 6.71. The maximum atomic E-state index is 12.2. The molecule has 8 heteroatoms. The van der Waals surface area contributed by atoms with Crippen molar-refractivity contribution in [2.24, 2.45) is 0 Å². The van der Waals surface area contributed by atoms with E-state index in [-0.39, 0.29) is 17.9 Å². The smallest absolute Gasteiger partial charge is 0.255 e. The largest absolute Gasteiger partial charge is 0.349 e. The summed E-state index contributed by atoms with van der Waals surface area (Å²) in [6.07, 6.45) is 1.30. The molecular weight excluding hydrogens is 370 g/mol. The Kier molecular flexibility index (Phi) is 6.21. The average molecular weight is 384 g/mol. The second-order valence-electron chi connectivity index (χ2n) is 5.00. The zero-order valence-corrected chi connectivity index (χ0v) is 14.5. The third-order valence-corrected chi connectivity index (χ3v) is 4.62. The maximum Gasteiger partial charge on any atom is 0.255 e. The molecular formula is C14H14Cl4N2O2. The quantitative estimate of drug-likeness (QED) is 0.811. The van der Waals surface area contributed by atoms with Gasteiger partial charge in [0.2, 0.25) is 0 Å². The average Bonchev–Trinajstić information content (AvgIpc) is 2.50. The van der Waals surface area contributed by atoms with Gasteiger partial charge < -0.3 is 10.2 Å². The van der Waals surface area contributed by atoms with Crippen LogP contribution in [0.25, 0.3) is 0 Å². The first-order chi connectivity index (χ1) is 10.4. The lowest BCUT2D eigenvalue weighted by atomic mass is 10.0. The van der Waals surface area contributed by atoms with E-state index in [0.717, 1.165) is 0 Å². The Morgan fingerprint density at radius 2 is 1.77 bits per heavy atom. The highest BCUT2D eigenvalue weighted by Crippen LogP contribution is 2.23. The fourth-order valence-electron chi connectivity index (χ4n) is 2.29. The van der Waals surface area contributed by atoms with Crippen molar-refractivity contribution in [1.82, 2.24) is 10.2 Å².